The highest BCUT2D eigenvalue weighted by molar-refractivity contribution is 6.02. The van der Waals surface area contributed by atoms with Crippen molar-refractivity contribution in [1.29, 1.82) is 0 Å². The average molecular weight is 350 g/mol. The number of aromatic nitrogens is 3. The van der Waals surface area contributed by atoms with Gasteiger partial charge in [-0.3, -0.25) is 4.79 Å². The minimum atomic E-state index is -0.212. The fraction of sp³-hybridized carbons (Fsp3) is 0.250. The lowest BCUT2D eigenvalue weighted by Crippen LogP contribution is -2.09. The summed E-state index contributed by atoms with van der Waals surface area (Å²) in [5, 5.41) is 7.15. The number of anilines is 1. The fourth-order valence-corrected chi connectivity index (χ4v) is 2.64. The fourth-order valence-electron chi connectivity index (χ4n) is 2.64. The third kappa shape index (κ3) is 4.27. The first-order valence-electron chi connectivity index (χ1n) is 8.50. The summed E-state index contributed by atoms with van der Waals surface area (Å²) in [5.41, 5.74) is 3.31. The van der Waals surface area contributed by atoms with E-state index in [-0.39, 0.29) is 12.0 Å². The number of amides is 1. The molecule has 6 nitrogen and oxygen atoms in total. The minimum Gasteiger partial charge on any atom is -0.491 e. The van der Waals surface area contributed by atoms with E-state index in [0.29, 0.717) is 11.5 Å². The molecule has 2 heterocycles. The Labute approximate surface area is 152 Å². The highest BCUT2D eigenvalue weighted by Gasteiger charge is 2.06. The zero-order valence-corrected chi connectivity index (χ0v) is 15.4. The van der Waals surface area contributed by atoms with Crippen LogP contribution >= 0.6 is 0 Å². The maximum atomic E-state index is 12.2. The number of benzene rings is 1. The van der Waals surface area contributed by atoms with Crippen LogP contribution in [-0.4, -0.2) is 26.6 Å². The third-order valence-corrected chi connectivity index (χ3v) is 3.65. The van der Waals surface area contributed by atoms with Gasteiger partial charge in [-0.1, -0.05) is 12.1 Å². The van der Waals surface area contributed by atoms with Crippen molar-refractivity contribution < 1.29 is 9.53 Å². The Morgan fingerprint density at radius 3 is 2.85 bits per heavy atom. The molecule has 3 rings (SSSR count). The second kappa shape index (κ2) is 7.39. The number of pyridine rings is 1. The maximum absolute atomic E-state index is 12.2. The number of aryl methyl sites for hydroxylation is 2. The number of carbonyl (C=O) groups is 1. The van der Waals surface area contributed by atoms with Crippen LogP contribution in [0.2, 0.25) is 0 Å². The summed E-state index contributed by atoms with van der Waals surface area (Å²) in [6.07, 6.45) is 5.12. The number of ether oxygens (including phenoxy) is 1. The Bertz CT molecular complexity index is 973. The van der Waals surface area contributed by atoms with E-state index in [9.17, 15) is 4.79 Å². The first kappa shape index (κ1) is 17.7. The maximum Gasteiger partial charge on any atom is 0.248 e. The summed E-state index contributed by atoms with van der Waals surface area (Å²) in [5.74, 6) is 1.26. The highest BCUT2D eigenvalue weighted by atomic mass is 16.5. The molecule has 0 atom stereocenters. The van der Waals surface area contributed by atoms with Gasteiger partial charge < -0.3 is 10.1 Å². The SMILES string of the molecule is Cc1nc2c(C)cc(NC(=O)/C=C/c3cccc(OC(C)C)c3)cn2n1. The standard InChI is InChI=1S/C20H22N4O2/c1-13(2)26-18-7-5-6-16(11-18)8-9-19(25)22-17-10-14(3)20-21-15(4)23-24(20)12-17/h5-13H,1-4H3,(H,22,25)/b9-8+. The first-order valence-corrected chi connectivity index (χ1v) is 8.50. The van der Waals surface area contributed by atoms with Crippen molar-refractivity contribution in [3.8, 4) is 5.75 Å². The van der Waals surface area contributed by atoms with Gasteiger partial charge in [0.25, 0.3) is 0 Å². The molecule has 1 N–H and O–H groups in total. The topological polar surface area (TPSA) is 68.5 Å². The van der Waals surface area contributed by atoms with Crippen LogP contribution in [0.4, 0.5) is 5.69 Å². The molecular weight excluding hydrogens is 328 g/mol. The van der Waals surface area contributed by atoms with E-state index in [1.807, 2.05) is 58.0 Å². The van der Waals surface area contributed by atoms with Crippen LogP contribution in [0.1, 0.15) is 30.8 Å². The molecule has 0 fully saturated rings. The second-order valence-electron chi connectivity index (χ2n) is 6.40. The lowest BCUT2D eigenvalue weighted by Gasteiger charge is -2.09. The van der Waals surface area contributed by atoms with Crippen LogP contribution in [0.15, 0.2) is 42.6 Å². The molecule has 0 bridgehead atoms. The Balaban J connectivity index is 1.71. The Morgan fingerprint density at radius 1 is 1.27 bits per heavy atom. The number of carbonyl (C=O) groups excluding carboxylic acids is 1. The predicted octanol–water partition coefficient (Wildman–Crippen LogP) is 3.79. The number of hydrogen-bond acceptors (Lipinski definition) is 4. The Morgan fingerprint density at radius 2 is 2.08 bits per heavy atom. The molecule has 3 aromatic rings. The van der Waals surface area contributed by atoms with Crippen molar-refractivity contribution in [2.24, 2.45) is 0 Å². The zero-order valence-electron chi connectivity index (χ0n) is 15.4. The summed E-state index contributed by atoms with van der Waals surface area (Å²) in [6, 6.07) is 9.50. The van der Waals surface area contributed by atoms with Crippen molar-refractivity contribution in [2.45, 2.75) is 33.8 Å². The molecule has 134 valence electrons. The van der Waals surface area contributed by atoms with Gasteiger partial charge >= 0.3 is 0 Å². The van der Waals surface area contributed by atoms with Crippen LogP contribution in [0.5, 0.6) is 5.75 Å². The van der Waals surface area contributed by atoms with Crippen molar-refractivity contribution in [2.75, 3.05) is 5.32 Å². The van der Waals surface area contributed by atoms with Gasteiger partial charge in [-0.15, -0.1) is 0 Å². The number of hydrogen-bond donors (Lipinski definition) is 1. The van der Waals surface area contributed by atoms with Gasteiger partial charge in [0.05, 0.1) is 18.0 Å². The zero-order chi connectivity index (χ0) is 18.7. The van der Waals surface area contributed by atoms with Crippen molar-refractivity contribution in [3.63, 3.8) is 0 Å². The van der Waals surface area contributed by atoms with Gasteiger partial charge in [-0.2, -0.15) is 5.10 Å². The number of nitrogens with zero attached hydrogens (tertiary/aromatic N) is 3. The van der Waals surface area contributed by atoms with Gasteiger partial charge in [-0.25, -0.2) is 9.50 Å². The van der Waals surface area contributed by atoms with Crippen molar-refractivity contribution in [3.05, 3.63) is 59.6 Å². The Hall–Kier alpha value is -3.15. The van der Waals surface area contributed by atoms with E-state index in [0.717, 1.165) is 22.5 Å². The summed E-state index contributed by atoms with van der Waals surface area (Å²) >= 11 is 0. The van der Waals surface area contributed by atoms with Crippen LogP contribution < -0.4 is 10.1 Å². The third-order valence-electron chi connectivity index (χ3n) is 3.65. The van der Waals surface area contributed by atoms with Gasteiger partial charge in [0.15, 0.2) is 5.65 Å². The molecule has 6 heteroatoms. The van der Waals surface area contributed by atoms with Gasteiger partial charge in [0.1, 0.15) is 11.6 Å². The largest absolute Gasteiger partial charge is 0.491 e. The molecular formula is C20H22N4O2. The summed E-state index contributed by atoms with van der Waals surface area (Å²) in [4.78, 5) is 16.6. The van der Waals surface area contributed by atoms with Gasteiger partial charge in [0.2, 0.25) is 5.91 Å². The molecule has 0 saturated heterocycles. The lowest BCUT2D eigenvalue weighted by atomic mass is 10.2. The molecule has 0 aliphatic carbocycles. The second-order valence-corrected chi connectivity index (χ2v) is 6.40. The molecule has 0 radical (unpaired) electrons. The van der Waals surface area contributed by atoms with E-state index in [1.54, 1.807) is 16.8 Å². The number of nitrogens with one attached hydrogen (secondary N) is 1. The molecule has 2 aromatic heterocycles. The average Bonchev–Trinajstić information content (AvgIpc) is 2.94. The minimum absolute atomic E-state index is 0.108. The van der Waals surface area contributed by atoms with E-state index in [4.69, 9.17) is 4.74 Å². The molecule has 1 amide bonds. The van der Waals surface area contributed by atoms with Crippen LogP contribution in [0.3, 0.4) is 0 Å². The molecule has 0 unspecified atom stereocenters. The monoisotopic (exact) mass is 350 g/mol. The van der Waals surface area contributed by atoms with Crippen LogP contribution in [-0.2, 0) is 4.79 Å². The molecule has 0 spiro atoms. The summed E-state index contributed by atoms with van der Waals surface area (Å²) in [7, 11) is 0. The quantitative estimate of drug-likeness (QED) is 0.711. The summed E-state index contributed by atoms with van der Waals surface area (Å²) in [6.45, 7) is 7.73. The molecule has 0 aliphatic rings. The number of fused-ring (bicyclic) bond motifs is 1. The van der Waals surface area contributed by atoms with E-state index in [1.165, 1.54) is 6.08 Å². The first-order chi connectivity index (χ1) is 12.4. The van der Waals surface area contributed by atoms with E-state index >= 15 is 0 Å². The normalized spacial score (nSPS) is 11.4. The van der Waals surface area contributed by atoms with Gasteiger partial charge in [-0.05, 0) is 63.1 Å². The van der Waals surface area contributed by atoms with Crippen LogP contribution in [0, 0.1) is 13.8 Å². The van der Waals surface area contributed by atoms with E-state index in [2.05, 4.69) is 15.4 Å². The lowest BCUT2D eigenvalue weighted by molar-refractivity contribution is -0.111. The summed E-state index contributed by atoms with van der Waals surface area (Å²) < 4.78 is 7.34. The number of rotatable bonds is 5. The van der Waals surface area contributed by atoms with Crippen molar-refractivity contribution >= 4 is 23.3 Å². The van der Waals surface area contributed by atoms with Gasteiger partial charge in [0, 0.05) is 6.08 Å². The molecule has 26 heavy (non-hydrogen) atoms. The molecule has 0 aliphatic heterocycles. The predicted molar refractivity (Wildman–Crippen MR) is 102 cm³/mol. The Kier molecular flexibility index (Phi) is 5.02. The molecule has 0 saturated carbocycles. The molecule has 1 aromatic carbocycles. The van der Waals surface area contributed by atoms with Crippen molar-refractivity contribution in [1.82, 2.24) is 14.6 Å². The van der Waals surface area contributed by atoms with E-state index < -0.39 is 0 Å². The smallest absolute Gasteiger partial charge is 0.248 e. The highest BCUT2D eigenvalue weighted by Crippen LogP contribution is 2.17. The van der Waals surface area contributed by atoms with Crippen LogP contribution in [0.25, 0.3) is 11.7 Å².